The molecule has 0 aromatic heterocycles. The number of amides is 1. The van der Waals surface area contributed by atoms with Gasteiger partial charge in [0.15, 0.2) is 0 Å². The molecule has 0 aliphatic rings. The van der Waals surface area contributed by atoms with Crippen molar-refractivity contribution in [1.82, 2.24) is 4.90 Å². The summed E-state index contributed by atoms with van der Waals surface area (Å²) in [5, 5.41) is -0.00527. The lowest BCUT2D eigenvalue weighted by Crippen LogP contribution is -2.29. The van der Waals surface area contributed by atoms with Crippen molar-refractivity contribution in [2.75, 3.05) is 13.6 Å². The van der Waals surface area contributed by atoms with Crippen LogP contribution in [-0.2, 0) is 0 Å². The van der Waals surface area contributed by atoms with Crippen molar-refractivity contribution in [2.45, 2.75) is 18.7 Å². The summed E-state index contributed by atoms with van der Waals surface area (Å²) in [4.78, 5) is 13.5. The third-order valence-corrected chi connectivity index (χ3v) is 3.26. The second-order valence-corrected chi connectivity index (χ2v) is 5.49. The molecule has 0 aliphatic carbocycles. The van der Waals surface area contributed by atoms with Gasteiger partial charge in [-0.15, -0.1) is 11.6 Å². The quantitative estimate of drug-likeness (QED) is 0.774. The fraction of sp³-hybridized carbons (Fsp3) is 0.417. The average Bonchev–Trinajstić information content (AvgIpc) is 2.25. The molecular weight excluding hydrogens is 308 g/mol. The Balaban J connectivity index is 2.82. The Morgan fingerprint density at radius 2 is 2.24 bits per heavy atom. The second-order valence-electron chi connectivity index (χ2n) is 3.89. The highest BCUT2D eigenvalue weighted by Gasteiger charge is 2.19. The van der Waals surface area contributed by atoms with Gasteiger partial charge in [0.2, 0.25) is 0 Å². The van der Waals surface area contributed by atoms with Gasteiger partial charge in [-0.05, 0) is 41.4 Å². The van der Waals surface area contributed by atoms with E-state index >= 15 is 0 Å². The standard InChI is InChI=1S/C12H14BrClFNO/c1-8(14)6-7-16(2)12(17)11-9(13)4-3-5-10(11)15/h3-5,8H,6-7H2,1-2H3. The van der Waals surface area contributed by atoms with Crippen molar-refractivity contribution in [3.8, 4) is 0 Å². The molecule has 0 aliphatic heterocycles. The highest BCUT2D eigenvalue weighted by Crippen LogP contribution is 2.21. The maximum absolute atomic E-state index is 13.6. The van der Waals surface area contributed by atoms with Crippen molar-refractivity contribution < 1.29 is 9.18 Å². The van der Waals surface area contributed by atoms with E-state index in [0.29, 0.717) is 17.4 Å². The molecule has 0 heterocycles. The van der Waals surface area contributed by atoms with Gasteiger partial charge in [0.1, 0.15) is 5.82 Å². The normalized spacial score (nSPS) is 12.3. The number of hydrogen-bond donors (Lipinski definition) is 0. The Hall–Kier alpha value is -0.610. The monoisotopic (exact) mass is 321 g/mol. The molecule has 5 heteroatoms. The van der Waals surface area contributed by atoms with Gasteiger partial charge in [-0.25, -0.2) is 4.39 Å². The number of rotatable bonds is 4. The van der Waals surface area contributed by atoms with Gasteiger partial charge in [0.25, 0.3) is 5.91 Å². The minimum atomic E-state index is -0.518. The van der Waals surface area contributed by atoms with Crippen LogP contribution in [-0.4, -0.2) is 29.8 Å². The van der Waals surface area contributed by atoms with Crippen LogP contribution < -0.4 is 0 Å². The third-order valence-electron chi connectivity index (χ3n) is 2.39. The molecule has 2 nitrogen and oxygen atoms in total. The largest absolute Gasteiger partial charge is 0.342 e. The van der Waals surface area contributed by atoms with Crippen LogP contribution in [0.15, 0.2) is 22.7 Å². The van der Waals surface area contributed by atoms with Gasteiger partial charge in [-0.3, -0.25) is 4.79 Å². The zero-order valence-corrected chi connectivity index (χ0v) is 12.1. The molecule has 0 bridgehead atoms. The lowest BCUT2D eigenvalue weighted by atomic mass is 10.2. The van der Waals surface area contributed by atoms with Crippen LogP contribution in [0.25, 0.3) is 0 Å². The first-order valence-corrected chi connectivity index (χ1v) is 6.50. The molecule has 0 radical (unpaired) electrons. The smallest absolute Gasteiger partial charge is 0.257 e. The summed E-state index contributed by atoms with van der Waals surface area (Å²) in [6, 6.07) is 4.47. The van der Waals surface area contributed by atoms with E-state index in [0.717, 1.165) is 0 Å². The van der Waals surface area contributed by atoms with Crippen molar-refractivity contribution in [1.29, 1.82) is 0 Å². The number of nitrogens with zero attached hydrogens (tertiary/aromatic N) is 1. The first-order chi connectivity index (χ1) is 7.93. The van der Waals surface area contributed by atoms with Crippen molar-refractivity contribution in [3.63, 3.8) is 0 Å². The number of hydrogen-bond acceptors (Lipinski definition) is 1. The predicted molar refractivity (Wildman–Crippen MR) is 71.0 cm³/mol. The Kier molecular flexibility index (Phi) is 5.40. The molecule has 0 fully saturated rings. The van der Waals surface area contributed by atoms with Crippen LogP contribution in [0.2, 0.25) is 0 Å². The molecule has 0 N–H and O–H groups in total. The molecular formula is C12H14BrClFNO. The SMILES string of the molecule is CC(Cl)CCN(C)C(=O)c1c(F)cccc1Br. The number of halogens is 3. The van der Waals surface area contributed by atoms with Crippen molar-refractivity contribution in [2.24, 2.45) is 0 Å². The van der Waals surface area contributed by atoms with Gasteiger partial charge in [0, 0.05) is 23.4 Å². The Bertz CT molecular complexity index is 391. The number of carbonyl (C=O) groups is 1. The molecule has 1 aromatic carbocycles. The maximum atomic E-state index is 13.6. The van der Waals surface area contributed by atoms with Gasteiger partial charge < -0.3 is 4.90 Å². The van der Waals surface area contributed by atoms with Crippen LogP contribution >= 0.6 is 27.5 Å². The number of benzene rings is 1. The molecule has 0 saturated heterocycles. The maximum Gasteiger partial charge on any atom is 0.257 e. The van der Waals surface area contributed by atoms with E-state index < -0.39 is 5.82 Å². The summed E-state index contributed by atoms with van der Waals surface area (Å²) in [5.74, 6) is -0.859. The highest BCUT2D eigenvalue weighted by molar-refractivity contribution is 9.10. The van der Waals surface area contributed by atoms with E-state index in [9.17, 15) is 9.18 Å². The van der Waals surface area contributed by atoms with E-state index in [1.807, 2.05) is 6.92 Å². The molecule has 1 aromatic rings. The fourth-order valence-corrected chi connectivity index (χ4v) is 1.98. The third kappa shape index (κ3) is 3.96. The van der Waals surface area contributed by atoms with Crippen molar-refractivity contribution in [3.05, 3.63) is 34.1 Å². The van der Waals surface area contributed by atoms with Crippen LogP contribution in [0.3, 0.4) is 0 Å². The van der Waals surface area contributed by atoms with E-state index in [1.54, 1.807) is 19.2 Å². The average molecular weight is 323 g/mol. The molecule has 94 valence electrons. The zero-order valence-electron chi connectivity index (χ0n) is 9.71. The molecule has 1 amide bonds. The highest BCUT2D eigenvalue weighted by atomic mass is 79.9. The Morgan fingerprint density at radius 1 is 1.59 bits per heavy atom. The van der Waals surface area contributed by atoms with E-state index in [2.05, 4.69) is 15.9 Å². The lowest BCUT2D eigenvalue weighted by molar-refractivity contribution is 0.0788. The minimum absolute atomic E-state index is 0.00527. The number of alkyl halides is 1. The lowest BCUT2D eigenvalue weighted by Gasteiger charge is -2.18. The van der Waals surface area contributed by atoms with Crippen LogP contribution in [0, 0.1) is 5.82 Å². The molecule has 0 saturated carbocycles. The first kappa shape index (κ1) is 14.5. The fourth-order valence-electron chi connectivity index (χ4n) is 1.37. The van der Waals surface area contributed by atoms with E-state index in [4.69, 9.17) is 11.6 Å². The van der Waals surface area contributed by atoms with Gasteiger partial charge >= 0.3 is 0 Å². The van der Waals surface area contributed by atoms with Gasteiger partial charge in [-0.1, -0.05) is 6.07 Å². The van der Waals surface area contributed by atoms with E-state index in [-0.39, 0.29) is 16.8 Å². The van der Waals surface area contributed by atoms with Crippen LogP contribution in [0.4, 0.5) is 4.39 Å². The summed E-state index contributed by atoms with van der Waals surface area (Å²) < 4.78 is 14.0. The second kappa shape index (κ2) is 6.36. The van der Waals surface area contributed by atoms with Gasteiger partial charge in [0.05, 0.1) is 5.56 Å². The topological polar surface area (TPSA) is 20.3 Å². The van der Waals surface area contributed by atoms with Crippen LogP contribution in [0.1, 0.15) is 23.7 Å². The first-order valence-electron chi connectivity index (χ1n) is 5.27. The molecule has 1 unspecified atom stereocenters. The minimum Gasteiger partial charge on any atom is -0.342 e. The van der Waals surface area contributed by atoms with E-state index in [1.165, 1.54) is 11.0 Å². The Morgan fingerprint density at radius 3 is 2.76 bits per heavy atom. The summed E-state index contributed by atoms with van der Waals surface area (Å²) >= 11 is 9.00. The number of carbonyl (C=O) groups excluding carboxylic acids is 1. The summed E-state index contributed by atoms with van der Waals surface area (Å²) in [5.41, 5.74) is 0.0669. The summed E-state index contributed by atoms with van der Waals surface area (Å²) in [6.45, 7) is 2.36. The van der Waals surface area contributed by atoms with Gasteiger partial charge in [-0.2, -0.15) is 0 Å². The summed E-state index contributed by atoms with van der Waals surface area (Å²) in [7, 11) is 1.64. The van der Waals surface area contributed by atoms with Crippen molar-refractivity contribution >= 4 is 33.4 Å². The summed E-state index contributed by atoms with van der Waals surface area (Å²) in [6.07, 6.45) is 0.676. The molecule has 17 heavy (non-hydrogen) atoms. The molecule has 0 spiro atoms. The van der Waals surface area contributed by atoms with Crippen LogP contribution in [0.5, 0.6) is 0 Å². The molecule has 1 rings (SSSR count). The predicted octanol–water partition coefficient (Wildman–Crippen LogP) is 3.68. The zero-order chi connectivity index (χ0) is 13.0. The Labute approximate surface area is 114 Å². The molecule has 1 atom stereocenters.